The Kier molecular flexibility index (Phi) is 11.4. The van der Waals surface area contributed by atoms with E-state index in [1.54, 1.807) is 6.07 Å². The number of hydrazine groups is 1. The van der Waals surface area contributed by atoms with Crippen LogP contribution >= 0.6 is 12.2 Å². The SMILES string of the molecule is Cc1ccccc1OCC(=O)NNC(=S)NC(=O)CCCC(=O)OCCCc1ccccc1. The van der Waals surface area contributed by atoms with E-state index in [2.05, 4.69) is 16.2 Å². The fraction of sp³-hybridized carbons (Fsp3) is 0.333. The number of thiocarbonyl (C=S) groups is 1. The number of nitrogens with one attached hydrogen (secondary N) is 3. The van der Waals surface area contributed by atoms with Crippen molar-refractivity contribution in [2.75, 3.05) is 13.2 Å². The van der Waals surface area contributed by atoms with E-state index in [4.69, 9.17) is 21.7 Å². The highest BCUT2D eigenvalue weighted by atomic mass is 32.1. The monoisotopic (exact) mass is 471 g/mol. The topological polar surface area (TPSA) is 106 Å². The minimum Gasteiger partial charge on any atom is -0.483 e. The average molecular weight is 472 g/mol. The first-order valence-electron chi connectivity index (χ1n) is 10.7. The van der Waals surface area contributed by atoms with Gasteiger partial charge in [-0.3, -0.25) is 25.2 Å². The third-order valence-electron chi connectivity index (χ3n) is 4.52. The van der Waals surface area contributed by atoms with Gasteiger partial charge in [-0.25, -0.2) is 0 Å². The van der Waals surface area contributed by atoms with Crippen LogP contribution < -0.4 is 20.9 Å². The summed E-state index contributed by atoms with van der Waals surface area (Å²) < 4.78 is 10.6. The van der Waals surface area contributed by atoms with Gasteiger partial charge in [0.2, 0.25) is 5.91 Å². The maximum atomic E-state index is 11.9. The summed E-state index contributed by atoms with van der Waals surface area (Å²) in [4.78, 5) is 35.5. The highest BCUT2D eigenvalue weighted by Gasteiger charge is 2.09. The predicted molar refractivity (Wildman–Crippen MR) is 128 cm³/mol. The number of aryl methyl sites for hydroxylation is 2. The molecule has 0 atom stereocenters. The van der Waals surface area contributed by atoms with Crippen LogP contribution in [0.25, 0.3) is 0 Å². The third-order valence-corrected chi connectivity index (χ3v) is 4.73. The van der Waals surface area contributed by atoms with Gasteiger partial charge in [0.25, 0.3) is 5.91 Å². The van der Waals surface area contributed by atoms with Crippen molar-refractivity contribution in [1.82, 2.24) is 16.2 Å². The van der Waals surface area contributed by atoms with E-state index >= 15 is 0 Å². The van der Waals surface area contributed by atoms with Crippen LogP contribution in [-0.2, 0) is 25.5 Å². The molecule has 8 nitrogen and oxygen atoms in total. The van der Waals surface area contributed by atoms with Gasteiger partial charge in [-0.15, -0.1) is 0 Å². The Morgan fingerprint density at radius 3 is 2.36 bits per heavy atom. The van der Waals surface area contributed by atoms with Crippen LogP contribution in [0.2, 0.25) is 0 Å². The van der Waals surface area contributed by atoms with E-state index in [9.17, 15) is 14.4 Å². The summed E-state index contributed by atoms with van der Waals surface area (Å²) in [6, 6.07) is 17.3. The minimum absolute atomic E-state index is 0.0484. The van der Waals surface area contributed by atoms with Crippen LogP contribution in [0.1, 0.15) is 36.8 Å². The Labute approximate surface area is 199 Å². The molecule has 0 spiro atoms. The van der Waals surface area contributed by atoms with Crippen molar-refractivity contribution >= 4 is 35.1 Å². The van der Waals surface area contributed by atoms with Crippen molar-refractivity contribution in [1.29, 1.82) is 0 Å². The van der Waals surface area contributed by atoms with E-state index < -0.39 is 5.91 Å². The van der Waals surface area contributed by atoms with E-state index in [1.165, 1.54) is 5.56 Å². The first kappa shape index (κ1) is 25.8. The van der Waals surface area contributed by atoms with E-state index in [0.29, 0.717) is 18.8 Å². The lowest BCUT2D eigenvalue weighted by molar-refractivity contribution is -0.143. The van der Waals surface area contributed by atoms with Crippen molar-refractivity contribution in [3.63, 3.8) is 0 Å². The Balaban J connectivity index is 1.50. The molecule has 0 saturated carbocycles. The van der Waals surface area contributed by atoms with Crippen LogP contribution in [0.4, 0.5) is 0 Å². The van der Waals surface area contributed by atoms with E-state index in [0.717, 1.165) is 18.4 Å². The lowest BCUT2D eigenvalue weighted by Gasteiger charge is -2.12. The summed E-state index contributed by atoms with van der Waals surface area (Å²) >= 11 is 4.97. The summed E-state index contributed by atoms with van der Waals surface area (Å²) in [6.07, 6.45) is 2.17. The zero-order valence-corrected chi connectivity index (χ0v) is 19.4. The lowest BCUT2D eigenvalue weighted by atomic mass is 10.1. The molecular weight excluding hydrogens is 442 g/mol. The molecule has 0 unspecified atom stereocenters. The normalized spacial score (nSPS) is 10.1. The second-order valence-corrected chi connectivity index (χ2v) is 7.68. The van der Waals surface area contributed by atoms with Gasteiger partial charge in [0.15, 0.2) is 11.7 Å². The van der Waals surface area contributed by atoms with Gasteiger partial charge < -0.3 is 14.8 Å². The molecule has 0 saturated heterocycles. The number of ether oxygens (including phenoxy) is 2. The fourth-order valence-corrected chi connectivity index (χ4v) is 2.98. The van der Waals surface area contributed by atoms with Crippen molar-refractivity contribution in [3.05, 3.63) is 65.7 Å². The first-order valence-corrected chi connectivity index (χ1v) is 11.1. The number of hydrogen-bond donors (Lipinski definition) is 3. The van der Waals surface area contributed by atoms with Gasteiger partial charge >= 0.3 is 5.97 Å². The largest absolute Gasteiger partial charge is 0.483 e. The fourth-order valence-electron chi connectivity index (χ4n) is 2.82. The predicted octanol–water partition coefficient (Wildman–Crippen LogP) is 2.74. The van der Waals surface area contributed by atoms with Crippen molar-refractivity contribution in [2.24, 2.45) is 0 Å². The van der Waals surface area contributed by atoms with Gasteiger partial charge in [0.1, 0.15) is 5.75 Å². The first-order chi connectivity index (χ1) is 15.9. The molecule has 2 aromatic rings. The molecule has 0 fully saturated rings. The highest BCUT2D eigenvalue weighted by Crippen LogP contribution is 2.15. The Morgan fingerprint density at radius 1 is 0.879 bits per heavy atom. The molecule has 0 bridgehead atoms. The number of rotatable bonds is 11. The van der Waals surface area contributed by atoms with Gasteiger partial charge in [-0.2, -0.15) is 0 Å². The number of carbonyl (C=O) groups is 3. The van der Waals surface area contributed by atoms with E-state index in [-0.39, 0.29) is 36.4 Å². The molecule has 0 aliphatic rings. The summed E-state index contributed by atoms with van der Waals surface area (Å²) in [5, 5.41) is 2.39. The third kappa shape index (κ3) is 11.1. The van der Waals surface area contributed by atoms with Crippen LogP contribution in [0.15, 0.2) is 54.6 Å². The molecule has 2 amide bonds. The summed E-state index contributed by atoms with van der Waals surface area (Å²) in [6.45, 7) is 2.02. The van der Waals surface area contributed by atoms with Gasteiger partial charge in [-0.05, 0) is 55.6 Å². The zero-order chi connectivity index (χ0) is 23.9. The molecule has 0 aliphatic carbocycles. The molecule has 33 heavy (non-hydrogen) atoms. The minimum atomic E-state index is -0.454. The van der Waals surface area contributed by atoms with Crippen LogP contribution in [-0.4, -0.2) is 36.1 Å². The highest BCUT2D eigenvalue weighted by molar-refractivity contribution is 7.80. The van der Waals surface area contributed by atoms with Crippen LogP contribution in [0.5, 0.6) is 5.75 Å². The zero-order valence-electron chi connectivity index (χ0n) is 18.6. The van der Waals surface area contributed by atoms with E-state index in [1.807, 2.05) is 55.5 Å². The summed E-state index contributed by atoms with van der Waals surface area (Å²) in [5.41, 5.74) is 6.90. The number of amides is 2. The number of esters is 1. The summed E-state index contributed by atoms with van der Waals surface area (Å²) in [5.74, 6) is -0.546. The number of benzene rings is 2. The molecule has 2 rings (SSSR count). The lowest BCUT2D eigenvalue weighted by Crippen LogP contribution is -2.49. The summed E-state index contributed by atoms with van der Waals surface area (Å²) in [7, 11) is 0. The van der Waals surface area contributed by atoms with Gasteiger partial charge in [-0.1, -0.05) is 48.5 Å². The molecule has 9 heteroatoms. The maximum Gasteiger partial charge on any atom is 0.305 e. The molecule has 2 aromatic carbocycles. The maximum absolute atomic E-state index is 11.9. The molecule has 3 N–H and O–H groups in total. The molecular formula is C24H29N3O5S. The second kappa shape index (κ2) is 14.6. The molecule has 0 aliphatic heterocycles. The second-order valence-electron chi connectivity index (χ2n) is 7.27. The van der Waals surface area contributed by atoms with Gasteiger partial charge in [0.05, 0.1) is 6.61 Å². The average Bonchev–Trinajstić information content (AvgIpc) is 2.80. The van der Waals surface area contributed by atoms with Crippen molar-refractivity contribution < 1.29 is 23.9 Å². The molecule has 0 heterocycles. The Morgan fingerprint density at radius 2 is 1.61 bits per heavy atom. The smallest absolute Gasteiger partial charge is 0.305 e. The van der Waals surface area contributed by atoms with Crippen LogP contribution in [0, 0.1) is 6.92 Å². The number of para-hydroxylation sites is 1. The number of carbonyl (C=O) groups excluding carboxylic acids is 3. The standard InChI is InChI=1S/C24H29N3O5S/c1-18-9-5-6-13-20(18)32-17-22(29)26-27-24(33)25-21(28)14-7-15-23(30)31-16-8-12-19-10-3-2-4-11-19/h2-6,9-11,13H,7-8,12,14-17H2,1H3,(H,26,29)(H2,25,27,28,33). The number of hydrogen-bond acceptors (Lipinski definition) is 6. The molecule has 0 radical (unpaired) electrons. The van der Waals surface area contributed by atoms with Crippen LogP contribution in [0.3, 0.4) is 0 Å². The van der Waals surface area contributed by atoms with Gasteiger partial charge in [0, 0.05) is 12.8 Å². The quantitative estimate of drug-likeness (QED) is 0.200. The van der Waals surface area contributed by atoms with Crippen molar-refractivity contribution in [2.45, 2.75) is 39.0 Å². The molecule has 176 valence electrons. The molecule has 0 aromatic heterocycles. The Bertz CT molecular complexity index is 937. The Hall–Kier alpha value is -3.46. The van der Waals surface area contributed by atoms with Crippen molar-refractivity contribution in [3.8, 4) is 5.75 Å².